The molecule has 0 saturated carbocycles. The van der Waals surface area contributed by atoms with Crippen LogP contribution in [0.2, 0.25) is 10.0 Å². The minimum Gasteiger partial charge on any atom is -0.267 e. The van der Waals surface area contributed by atoms with Gasteiger partial charge in [0.15, 0.2) is 0 Å². The van der Waals surface area contributed by atoms with Gasteiger partial charge in [0.05, 0.1) is 15.8 Å². The molecular formula is C14H11Cl2N3O. The largest absolute Gasteiger partial charge is 0.271 e. The number of rotatable bonds is 3. The summed E-state index contributed by atoms with van der Waals surface area (Å²) in [7, 11) is 0. The molecule has 1 aromatic carbocycles. The second-order valence-electron chi connectivity index (χ2n) is 4.00. The second kappa shape index (κ2) is 6.50. The molecule has 0 aliphatic rings. The third kappa shape index (κ3) is 3.56. The van der Waals surface area contributed by atoms with E-state index in [1.165, 1.54) is 6.07 Å². The summed E-state index contributed by atoms with van der Waals surface area (Å²) in [5, 5.41) is 4.77. The standard InChI is InChI=1S/C14H11Cl2N3O/c1-9(10-4-6-17-7-5-10)18-19-14(20)11-2-3-12(15)13(16)8-11/h2-8H,1H3,(H,19,20). The van der Waals surface area contributed by atoms with Gasteiger partial charge in [-0.1, -0.05) is 23.2 Å². The molecule has 1 amide bonds. The zero-order valence-electron chi connectivity index (χ0n) is 10.6. The first kappa shape index (κ1) is 14.5. The molecule has 0 aliphatic carbocycles. The van der Waals surface area contributed by atoms with E-state index in [0.29, 0.717) is 21.3 Å². The van der Waals surface area contributed by atoms with E-state index in [0.717, 1.165) is 5.56 Å². The Labute approximate surface area is 126 Å². The fourth-order valence-corrected chi connectivity index (χ4v) is 1.79. The molecule has 4 nitrogen and oxygen atoms in total. The average molecular weight is 308 g/mol. The van der Waals surface area contributed by atoms with E-state index in [9.17, 15) is 4.79 Å². The van der Waals surface area contributed by atoms with E-state index < -0.39 is 0 Å². The minimum atomic E-state index is -0.350. The van der Waals surface area contributed by atoms with Crippen LogP contribution in [0.4, 0.5) is 0 Å². The predicted molar refractivity (Wildman–Crippen MR) is 80.4 cm³/mol. The summed E-state index contributed by atoms with van der Waals surface area (Å²) in [5.41, 5.74) is 4.43. The van der Waals surface area contributed by atoms with Gasteiger partial charge in [-0.15, -0.1) is 0 Å². The van der Waals surface area contributed by atoms with Crippen LogP contribution in [0.15, 0.2) is 47.8 Å². The van der Waals surface area contributed by atoms with Crippen LogP contribution in [0, 0.1) is 0 Å². The molecule has 0 bridgehead atoms. The lowest BCUT2D eigenvalue weighted by Crippen LogP contribution is -2.19. The molecule has 1 N–H and O–H groups in total. The van der Waals surface area contributed by atoms with Crippen molar-refractivity contribution in [1.29, 1.82) is 0 Å². The zero-order chi connectivity index (χ0) is 14.5. The molecule has 2 aromatic rings. The summed E-state index contributed by atoms with van der Waals surface area (Å²) >= 11 is 11.7. The maximum absolute atomic E-state index is 11.9. The van der Waals surface area contributed by atoms with Gasteiger partial charge in [-0.25, -0.2) is 5.43 Å². The van der Waals surface area contributed by atoms with Crippen LogP contribution < -0.4 is 5.43 Å². The summed E-state index contributed by atoms with van der Waals surface area (Å²) in [6.07, 6.45) is 3.32. The minimum absolute atomic E-state index is 0.328. The van der Waals surface area contributed by atoms with Crippen LogP contribution in [0.25, 0.3) is 0 Å². The molecule has 0 fully saturated rings. The fourth-order valence-electron chi connectivity index (χ4n) is 1.49. The van der Waals surface area contributed by atoms with E-state index in [1.807, 2.05) is 12.1 Å². The number of pyridine rings is 1. The molecule has 0 atom stereocenters. The fraction of sp³-hybridized carbons (Fsp3) is 0.0714. The van der Waals surface area contributed by atoms with Gasteiger partial charge >= 0.3 is 0 Å². The monoisotopic (exact) mass is 307 g/mol. The Balaban J connectivity index is 2.10. The van der Waals surface area contributed by atoms with Crippen LogP contribution in [0.1, 0.15) is 22.8 Å². The lowest BCUT2D eigenvalue weighted by molar-refractivity contribution is 0.0955. The highest BCUT2D eigenvalue weighted by Crippen LogP contribution is 2.22. The number of hydrogen-bond donors (Lipinski definition) is 1. The molecule has 0 radical (unpaired) electrons. The van der Waals surface area contributed by atoms with Crippen LogP contribution in [0.5, 0.6) is 0 Å². The number of hydrazone groups is 1. The molecule has 2 rings (SSSR count). The van der Waals surface area contributed by atoms with Gasteiger partial charge in [-0.05, 0) is 37.3 Å². The normalized spacial score (nSPS) is 11.2. The Bertz CT molecular complexity index is 657. The van der Waals surface area contributed by atoms with Crippen molar-refractivity contribution in [2.45, 2.75) is 6.92 Å². The molecule has 6 heteroatoms. The van der Waals surface area contributed by atoms with E-state index in [1.54, 1.807) is 31.5 Å². The van der Waals surface area contributed by atoms with Crippen LogP contribution >= 0.6 is 23.2 Å². The third-order valence-corrected chi connectivity index (χ3v) is 3.34. The topological polar surface area (TPSA) is 54.4 Å². The van der Waals surface area contributed by atoms with Gasteiger partial charge in [0.25, 0.3) is 5.91 Å². The number of carbonyl (C=O) groups is 1. The lowest BCUT2D eigenvalue weighted by Gasteiger charge is -2.04. The number of aromatic nitrogens is 1. The number of carbonyl (C=O) groups excluding carboxylic acids is 1. The summed E-state index contributed by atoms with van der Waals surface area (Å²) in [6, 6.07) is 8.27. The molecule has 20 heavy (non-hydrogen) atoms. The number of benzene rings is 1. The number of hydrogen-bond acceptors (Lipinski definition) is 3. The van der Waals surface area contributed by atoms with E-state index in [2.05, 4.69) is 15.5 Å². The summed E-state index contributed by atoms with van der Waals surface area (Å²) in [5.74, 6) is -0.350. The lowest BCUT2D eigenvalue weighted by atomic mass is 10.2. The first-order valence-electron chi connectivity index (χ1n) is 5.78. The molecule has 1 aromatic heterocycles. The number of nitrogens with one attached hydrogen (secondary N) is 1. The van der Waals surface area contributed by atoms with Gasteiger partial charge in [-0.3, -0.25) is 9.78 Å². The second-order valence-corrected chi connectivity index (χ2v) is 4.82. The van der Waals surface area contributed by atoms with Crippen molar-refractivity contribution in [1.82, 2.24) is 10.4 Å². The zero-order valence-corrected chi connectivity index (χ0v) is 12.1. The molecule has 0 saturated heterocycles. The number of halogens is 2. The Morgan fingerprint density at radius 1 is 1.10 bits per heavy atom. The Morgan fingerprint density at radius 3 is 2.45 bits per heavy atom. The maximum atomic E-state index is 11.9. The average Bonchev–Trinajstić information content (AvgIpc) is 2.48. The molecular weight excluding hydrogens is 297 g/mol. The number of nitrogens with zero attached hydrogens (tertiary/aromatic N) is 2. The van der Waals surface area contributed by atoms with Crippen molar-refractivity contribution in [3.05, 3.63) is 63.9 Å². The summed E-state index contributed by atoms with van der Waals surface area (Å²) in [6.45, 7) is 1.80. The van der Waals surface area contributed by atoms with E-state index >= 15 is 0 Å². The summed E-state index contributed by atoms with van der Waals surface area (Å²) < 4.78 is 0. The van der Waals surface area contributed by atoms with Crippen LogP contribution in [-0.2, 0) is 0 Å². The Morgan fingerprint density at radius 2 is 1.80 bits per heavy atom. The van der Waals surface area contributed by atoms with Crippen molar-refractivity contribution in [3.8, 4) is 0 Å². The first-order valence-corrected chi connectivity index (χ1v) is 6.53. The van der Waals surface area contributed by atoms with Crippen molar-refractivity contribution < 1.29 is 4.79 Å². The molecule has 1 heterocycles. The van der Waals surface area contributed by atoms with Crippen LogP contribution in [0.3, 0.4) is 0 Å². The maximum Gasteiger partial charge on any atom is 0.271 e. The van der Waals surface area contributed by atoms with E-state index in [4.69, 9.17) is 23.2 Å². The molecule has 0 aliphatic heterocycles. The molecule has 102 valence electrons. The van der Waals surface area contributed by atoms with Crippen molar-refractivity contribution in [2.75, 3.05) is 0 Å². The van der Waals surface area contributed by atoms with Crippen molar-refractivity contribution in [3.63, 3.8) is 0 Å². The Hall–Kier alpha value is -1.91. The number of amides is 1. The highest BCUT2D eigenvalue weighted by Gasteiger charge is 2.07. The molecule has 0 spiro atoms. The van der Waals surface area contributed by atoms with Gasteiger partial charge in [0.2, 0.25) is 0 Å². The van der Waals surface area contributed by atoms with Crippen molar-refractivity contribution in [2.24, 2.45) is 5.10 Å². The first-order chi connectivity index (χ1) is 9.58. The van der Waals surface area contributed by atoms with Gasteiger partial charge < -0.3 is 0 Å². The highest BCUT2D eigenvalue weighted by molar-refractivity contribution is 6.42. The predicted octanol–water partition coefficient (Wildman–Crippen LogP) is 3.54. The smallest absolute Gasteiger partial charge is 0.267 e. The van der Waals surface area contributed by atoms with E-state index in [-0.39, 0.29) is 5.91 Å². The van der Waals surface area contributed by atoms with Gasteiger partial charge in [-0.2, -0.15) is 5.10 Å². The molecule has 0 unspecified atom stereocenters. The summed E-state index contributed by atoms with van der Waals surface area (Å²) in [4.78, 5) is 15.8. The van der Waals surface area contributed by atoms with Crippen molar-refractivity contribution >= 4 is 34.8 Å². The van der Waals surface area contributed by atoms with Crippen LogP contribution in [-0.4, -0.2) is 16.6 Å². The highest BCUT2D eigenvalue weighted by atomic mass is 35.5. The third-order valence-electron chi connectivity index (χ3n) is 2.61. The quantitative estimate of drug-likeness (QED) is 0.696. The Kier molecular flexibility index (Phi) is 4.71. The van der Waals surface area contributed by atoms with Gasteiger partial charge in [0, 0.05) is 23.5 Å². The van der Waals surface area contributed by atoms with Gasteiger partial charge in [0.1, 0.15) is 0 Å². The SMILES string of the molecule is CC(=NNC(=O)c1ccc(Cl)c(Cl)c1)c1ccncc1.